The van der Waals surface area contributed by atoms with E-state index >= 15 is 0 Å². The Balaban J connectivity index is 1.33. The van der Waals surface area contributed by atoms with Gasteiger partial charge in [-0.1, -0.05) is 0 Å². The molecule has 2 aliphatic heterocycles. The molecule has 0 unspecified atom stereocenters. The lowest BCUT2D eigenvalue weighted by atomic mass is 10.2. The Morgan fingerprint density at radius 1 is 1.03 bits per heavy atom. The maximum Gasteiger partial charge on any atom is 0.231 e. The van der Waals surface area contributed by atoms with Crippen LogP contribution < -0.4 is 9.80 Å². The van der Waals surface area contributed by atoms with Crippen LogP contribution in [0.5, 0.6) is 0 Å². The minimum Gasteiger partial charge on any atom is -0.368 e. The molecule has 1 fully saturated rings. The van der Waals surface area contributed by atoms with Crippen LogP contribution in [0.1, 0.15) is 12.0 Å². The number of nitrogens with zero attached hydrogens (tertiary/aromatic N) is 3. The van der Waals surface area contributed by atoms with Gasteiger partial charge in [0.25, 0.3) is 0 Å². The molecule has 9 heteroatoms. The van der Waals surface area contributed by atoms with Gasteiger partial charge in [0.2, 0.25) is 11.8 Å². The molecule has 0 radical (unpaired) electrons. The Morgan fingerprint density at radius 3 is 2.39 bits per heavy atom. The number of hydrogen-bond acceptors (Lipinski definition) is 5. The number of amides is 2. The van der Waals surface area contributed by atoms with Gasteiger partial charge in [-0.05, 0) is 48.0 Å². The lowest BCUT2D eigenvalue weighted by Gasteiger charge is -2.36. The van der Waals surface area contributed by atoms with E-state index in [0.29, 0.717) is 31.7 Å². The Labute approximate surface area is 181 Å². The fourth-order valence-electron chi connectivity index (χ4n) is 4.00. The fraction of sp³-hybridized carbons (Fsp3) is 0.364. The summed E-state index contributed by atoms with van der Waals surface area (Å²) < 4.78 is 38.6. The van der Waals surface area contributed by atoms with Crippen molar-refractivity contribution in [3.63, 3.8) is 0 Å². The first-order valence-electron chi connectivity index (χ1n) is 10.1. The molecule has 0 atom stereocenters. The predicted octanol–water partition coefficient (Wildman–Crippen LogP) is 1.86. The average Bonchev–Trinajstić information content (AvgIpc) is 3.06. The quantitative estimate of drug-likeness (QED) is 0.702. The van der Waals surface area contributed by atoms with Crippen LogP contribution in [0.2, 0.25) is 0 Å². The third kappa shape index (κ3) is 4.41. The first-order chi connectivity index (χ1) is 14.7. The molecule has 2 aromatic carbocycles. The maximum atomic E-state index is 13.1. The molecule has 0 spiro atoms. The molecule has 2 amide bonds. The van der Waals surface area contributed by atoms with Gasteiger partial charge in [-0.2, -0.15) is 0 Å². The zero-order chi connectivity index (χ0) is 22.2. The van der Waals surface area contributed by atoms with Crippen molar-refractivity contribution in [2.75, 3.05) is 48.8 Å². The summed E-state index contributed by atoms with van der Waals surface area (Å²) in [5.74, 6) is -0.828. The van der Waals surface area contributed by atoms with Gasteiger partial charge in [0, 0.05) is 51.0 Å². The van der Waals surface area contributed by atoms with Crippen molar-refractivity contribution in [2.45, 2.75) is 17.7 Å². The highest BCUT2D eigenvalue weighted by molar-refractivity contribution is 7.91. The summed E-state index contributed by atoms with van der Waals surface area (Å²) in [6.07, 6.45) is 0.0985. The molecule has 0 saturated carbocycles. The average molecular weight is 446 g/mol. The van der Waals surface area contributed by atoms with Gasteiger partial charge in [-0.15, -0.1) is 0 Å². The minimum absolute atomic E-state index is 0.0699. The van der Waals surface area contributed by atoms with Crippen LogP contribution in [-0.4, -0.2) is 64.1 Å². The number of sulfone groups is 1. The van der Waals surface area contributed by atoms with Crippen LogP contribution in [0.4, 0.5) is 15.8 Å². The van der Waals surface area contributed by atoms with E-state index < -0.39 is 9.84 Å². The van der Waals surface area contributed by atoms with E-state index in [2.05, 4.69) is 4.90 Å². The third-order valence-corrected chi connectivity index (χ3v) is 7.61. The van der Waals surface area contributed by atoms with Gasteiger partial charge >= 0.3 is 0 Å². The number of benzene rings is 2. The van der Waals surface area contributed by atoms with Crippen LogP contribution >= 0.6 is 0 Å². The van der Waals surface area contributed by atoms with Gasteiger partial charge in [0.05, 0.1) is 17.1 Å². The number of hydrogen-bond donors (Lipinski definition) is 0. The van der Waals surface area contributed by atoms with Crippen LogP contribution in [0.25, 0.3) is 0 Å². The predicted molar refractivity (Wildman–Crippen MR) is 115 cm³/mol. The Kier molecular flexibility index (Phi) is 5.70. The van der Waals surface area contributed by atoms with E-state index in [1.54, 1.807) is 30.1 Å². The first-order valence-corrected chi connectivity index (χ1v) is 11.8. The molecular weight excluding hydrogens is 421 g/mol. The molecule has 164 valence electrons. The summed E-state index contributed by atoms with van der Waals surface area (Å²) >= 11 is 0. The molecule has 0 bridgehead atoms. The van der Waals surface area contributed by atoms with Crippen LogP contribution in [0, 0.1) is 5.82 Å². The van der Waals surface area contributed by atoms with E-state index in [0.717, 1.165) is 11.4 Å². The number of halogens is 1. The van der Waals surface area contributed by atoms with Gasteiger partial charge in [-0.25, -0.2) is 12.8 Å². The zero-order valence-corrected chi connectivity index (χ0v) is 18.1. The Bertz CT molecular complexity index is 1110. The SMILES string of the molecule is CN1C(=O)Cc2cc(S(=O)(=O)CCC(=O)N3CCN(c4ccc(F)cc4)CC3)ccc21. The second-order valence-electron chi connectivity index (χ2n) is 7.83. The molecule has 7 nitrogen and oxygen atoms in total. The van der Waals surface area contributed by atoms with Crippen molar-refractivity contribution in [1.29, 1.82) is 0 Å². The number of carbonyl (C=O) groups excluding carboxylic acids is 2. The summed E-state index contributed by atoms with van der Waals surface area (Å²) in [4.78, 5) is 29.8. The highest BCUT2D eigenvalue weighted by atomic mass is 32.2. The summed E-state index contributed by atoms with van der Waals surface area (Å²) in [6, 6.07) is 10.9. The molecule has 0 aromatic heterocycles. The first kappa shape index (κ1) is 21.3. The van der Waals surface area contributed by atoms with Gasteiger partial charge in [-0.3, -0.25) is 9.59 Å². The van der Waals surface area contributed by atoms with Crippen LogP contribution in [0.3, 0.4) is 0 Å². The second kappa shape index (κ2) is 8.30. The minimum atomic E-state index is -3.63. The standard InChI is InChI=1S/C22H24FN3O4S/c1-24-20-7-6-19(14-16(20)15-22(24)28)31(29,30)13-8-21(27)26-11-9-25(10-12-26)18-4-2-17(23)3-5-18/h2-7,14H,8-13,15H2,1H3. The molecule has 2 aromatic rings. The number of likely N-dealkylation sites (N-methyl/N-ethyl adjacent to an activating group) is 1. The van der Waals surface area contributed by atoms with Crippen LogP contribution in [0.15, 0.2) is 47.4 Å². The Morgan fingerprint density at radius 2 is 1.71 bits per heavy atom. The molecule has 1 saturated heterocycles. The summed E-state index contributed by atoms with van der Waals surface area (Å²) in [5.41, 5.74) is 2.31. The highest BCUT2D eigenvalue weighted by Crippen LogP contribution is 2.30. The van der Waals surface area contributed by atoms with Crippen molar-refractivity contribution in [1.82, 2.24) is 4.90 Å². The third-order valence-electron chi connectivity index (χ3n) is 5.90. The van der Waals surface area contributed by atoms with Crippen molar-refractivity contribution in [3.05, 3.63) is 53.8 Å². The molecular formula is C22H24FN3O4S. The summed E-state index contributed by atoms with van der Waals surface area (Å²) in [6.45, 7) is 2.19. The molecule has 31 heavy (non-hydrogen) atoms. The van der Waals surface area contributed by atoms with E-state index in [9.17, 15) is 22.4 Å². The van der Waals surface area contributed by atoms with Gasteiger partial charge in [0.1, 0.15) is 5.82 Å². The van der Waals surface area contributed by atoms with Crippen molar-refractivity contribution in [2.24, 2.45) is 0 Å². The fourth-order valence-corrected chi connectivity index (χ4v) is 5.28. The van der Waals surface area contributed by atoms with Crippen LogP contribution in [-0.2, 0) is 25.8 Å². The van der Waals surface area contributed by atoms with Crippen molar-refractivity contribution >= 4 is 33.0 Å². The van der Waals surface area contributed by atoms with Crippen molar-refractivity contribution in [3.8, 4) is 0 Å². The van der Waals surface area contributed by atoms with E-state index in [1.165, 1.54) is 29.2 Å². The normalized spacial score (nSPS) is 16.6. The van der Waals surface area contributed by atoms with Crippen molar-refractivity contribution < 1.29 is 22.4 Å². The number of carbonyl (C=O) groups is 2. The summed E-state index contributed by atoms with van der Waals surface area (Å²) in [5, 5.41) is 0. The lowest BCUT2D eigenvalue weighted by molar-refractivity contribution is -0.131. The number of piperazine rings is 1. The molecule has 0 aliphatic carbocycles. The monoisotopic (exact) mass is 445 g/mol. The molecule has 0 N–H and O–H groups in total. The van der Waals surface area contributed by atoms with Gasteiger partial charge in [0.15, 0.2) is 9.84 Å². The second-order valence-corrected chi connectivity index (χ2v) is 9.94. The highest BCUT2D eigenvalue weighted by Gasteiger charge is 2.27. The van der Waals surface area contributed by atoms with E-state index in [1.807, 2.05) is 0 Å². The molecule has 2 heterocycles. The lowest BCUT2D eigenvalue weighted by Crippen LogP contribution is -2.49. The largest absolute Gasteiger partial charge is 0.368 e. The van der Waals surface area contributed by atoms with E-state index in [4.69, 9.17) is 0 Å². The number of rotatable bonds is 5. The maximum absolute atomic E-state index is 13.1. The summed E-state index contributed by atoms with van der Waals surface area (Å²) in [7, 11) is -1.97. The molecule has 2 aliphatic rings. The zero-order valence-electron chi connectivity index (χ0n) is 17.3. The van der Waals surface area contributed by atoms with Gasteiger partial charge < -0.3 is 14.7 Å². The smallest absolute Gasteiger partial charge is 0.231 e. The Hall–Kier alpha value is -2.94. The number of anilines is 2. The molecule has 4 rings (SSSR count). The topological polar surface area (TPSA) is 78.0 Å². The van der Waals surface area contributed by atoms with E-state index in [-0.39, 0.29) is 41.1 Å². The number of fused-ring (bicyclic) bond motifs is 1.